The van der Waals surface area contributed by atoms with Crippen LogP contribution in [0.5, 0.6) is 0 Å². The number of nitrogens with zero attached hydrogens (tertiary/aromatic N) is 1. The summed E-state index contributed by atoms with van der Waals surface area (Å²) in [5.41, 5.74) is 2.85. The van der Waals surface area contributed by atoms with E-state index in [0.29, 0.717) is 12.3 Å². The minimum absolute atomic E-state index is 0.0396. The van der Waals surface area contributed by atoms with Gasteiger partial charge in [-0.1, -0.05) is 31.2 Å². The van der Waals surface area contributed by atoms with E-state index >= 15 is 0 Å². The van der Waals surface area contributed by atoms with Gasteiger partial charge in [-0.05, 0) is 69.0 Å². The topological polar surface area (TPSA) is 32.3 Å². The van der Waals surface area contributed by atoms with Crippen LogP contribution in [0.15, 0.2) is 24.3 Å². The number of likely N-dealkylation sites (tertiary alicyclic amines) is 1. The van der Waals surface area contributed by atoms with E-state index < -0.39 is 0 Å². The largest absolute Gasteiger partial charge is 0.354 e. The molecule has 1 aliphatic carbocycles. The van der Waals surface area contributed by atoms with Crippen LogP contribution in [0.3, 0.4) is 0 Å². The van der Waals surface area contributed by atoms with E-state index in [9.17, 15) is 4.79 Å². The lowest BCUT2D eigenvalue weighted by molar-refractivity contribution is -0.122. The zero-order chi connectivity index (χ0) is 17.2. The van der Waals surface area contributed by atoms with Crippen molar-refractivity contribution in [2.45, 2.75) is 64.3 Å². The van der Waals surface area contributed by atoms with E-state index in [1.165, 1.54) is 24.0 Å². The Hall–Kier alpha value is -1.35. The van der Waals surface area contributed by atoms with Gasteiger partial charge in [0.15, 0.2) is 0 Å². The van der Waals surface area contributed by atoms with Gasteiger partial charge in [-0.15, -0.1) is 0 Å². The number of aryl methyl sites for hydroxylation is 1. The number of hydrogen-bond acceptors (Lipinski definition) is 2. The third-order valence-corrected chi connectivity index (χ3v) is 5.92. The van der Waals surface area contributed by atoms with Gasteiger partial charge in [-0.3, -0.25) is 9.69 Å². The van der Waals surface area contributed by atoms with Crippen LogP contribution in [-0.2, 0) is 11.2 Å². The maximum absolute atomic E-state index is 12.5. The van der Waals surface area contributed by atoms with Crippen molar-refractivity contribution in [3.63, 3.8) is 0 Å². The van der Waals surface area contributed by atoms with Crippen molar-refractivity contribution in [3.8, 4) is 0 Å². The van der Waals surface area contributed by atoms with Crippen LogP contribution in [-0.4, -0.2) is 36.0 Å². The Morgan fingerprint density at radius 1 is 1.29 bits per heavy atom. The molecule has 1 aliphatic heterocycles. The van der Waals surface area contributed by atoms with Crippen molar-refractivity contribution < 1.29 is 4.79 Å². The second-order valence-electron chi connectivity index (χ2n) is 8.42. The Labute approximate surface area is 146 Å². The van der Waals surface area contributed by atoms with Crippen molar-refractivity contribution in [1.29, 1.82) is 0 Å². The lowest BCUT2D eigenvalue weighted by atomic mass is 9.93. The first-order valence-corrected chi connectivity index (χ1v) is 9.55. The Bertz CT molecular complexity index is 581. The summed E-state index contributed by atoms with van der Waals surface area (Å²) in [6.45, 7) is 9.90. The molecule has 1 fully saturated rings. The summed E-state index contributed by atoms with van der Waals surface area (Å²) in [4.78, 5) is 15.0. The van der Waals surface area contributed by atoms with Gasteiger partial charge in [-0.25, -0.2) is 0 Å². The molecule has 132 valence electrons. The Morgan fingerprint density at radius 3 is 2.88 bits per heavy atom. The predicted molar refractivity (Wildman–Crippen MR) is 99.2 cm³/mol. The SMILES string of the molecule is CC1CCCN(C(C)(C)CNC(=O)CC2CCc3ccccc32)C1. The molecule has 2 atom stereocenters. The van der Waals surface area contributed by atoms with Gasteiger partial charge in [0.25, 0.3) is 0 Å². The van der Waals surface area contributed by atoms with Crippen LogP contribution >= 0.6 is 0 Å². The first kappa shape index (κ1) is 17.5. The summed E-state index contributed by atoms with van der Waals surface area (Å²) in [5, 5.41) is 3.21. The van der Waals surface area contributed by atoms with Gasteiger partial charge in [0.1, 0.15) is 0 Å². The summed E-state index contributed by atoms with van der Waals surface area (Å²) in [5.74, 6) is 1.37. The number of amides is 1. The molecule has 1 amide bonds. The number of carbonyl (C=O) groups excluding carboxylic acids is 1. The number of rotatable bonds is 5. The van der Waals surface area contributed by atoms with E-state index in [2.05, 4.69) is 55.3 Å². The van der Waals surface area contributed by atoms with Gasteiger partial charge in [-0.2, -0.15) is 0 Å². The maximum atomic E-state index is 12.5. The van der Waals surface area contributed by atoms with Gasteiger partial charge < -0.3 is 5.32 Å². The van der Waals surface area contributed by atoms with Crippen molar-refractivity contribution in [2.75, 3.05) is 19.6 Å². The van der Waals surface area contributed by atoms with Crippen LogP contribution in [0, 0.1) is 5.92 Å². The van der Waals surface area contributed by atoms with Crippen LogP contribution in [0.2, 0.25) is 0 Å². The van der Waals surface area contributed by atoms with Crippen LogP contribution < -0.4 is 5.32 Å². The molecule has 3 rings (SSSR count). The molecule has 1 aromatic rings. The molecule has 1 N–H and O–H groups in total. The third kappa shape index (κ3) is 4.00. The second-order valence-corrected chi connectivity index (χ2v) is 8.42. The Morgan fingerprint density at radius 2 is 2.08 bits per heavy atom. The van der Waals surface area contributed by atoms with E-state index in [0.717, 1.165) is 38.4 Å². The monoisotopic (exact) mass is 328 g/mol. The zero-order valence-corrected chi connectivity index (χ0v) is 15.5. The summed E-state index contributed by atoms with van der Waals surface area (Å²) >= 11 is 0. The molecule has 1 saturated heterocycles. The summed E-state index contributed by atoms with van der Waals surface area (Å²) in [7, 11) is 0. The normalized spacial score (nSPS) is 24.6. The van der Waals surface area contributed by atoms with E-state index in [1.807, 2.05) is 0 Å². The fourth-order valence-corrected chi connectivity index (χ4v) is 4.32. The number of fused-ring (bicyclic) bond motifs is 1. The molecule has 2 aliphatic rings. The molecule has 3 nitrogen and oxygen atoms in total. The van der Waals surface area contributed by atoms with Crippen molar-refractivity contribution in [2.24, 2.45) is 5.92 Å². The molecular weight excluding hydrogens is 296 g/mol. The Balaban J connectivity index is 1.50. The van der Waals surface area contributed by atoms with Crippen molar-refractivity contribution in [1.82, 2.24) is 10.2 Å². The minimum atomic E-state index is 0.0396. The molecule has 24 heavy (non-hydrogen) atoms. The molecule has 0 aromatic heterocycles. The highest BCUT2D eigenvalue weighted by Gasteiger charge is 2.31. The molecule has 2 unspecified atom stereocenters. The fourth-order valence-electron chi connectivity index (χ4n) is 4.32. The van der Waals surface area contributed by atoms with Gasteiger partial charge in [0.2, 0.25) is 5.91 Å². The number of hydrogen-bond donors (Lipinski definition) is 1. The number of piperidine rings is 1. The average molecular weight is 329 g/mol. The van der Waals surface area contributed by atoms with Crippen molar-refractivity contribution >= 4 is 5.91 Å². The fraction of sp³-hybridized carbons (Fsp3) is 0.667. The summed E-state index contributed by atoms with van der Waals surface area (Å²) in [6, 6.07) is 8.59. The molecule has 0 bridgehead atoms. The standard InChI is InChI=1S/C21H32N2O/c1-16-7-6-12-23(14-16)21(2,3)15-22-20(24)13-18-11-10-17-8-4-5-9-19(17)18/h4-5,8-9,16,18H,6-7,10-15H2,1-3H3,(H,22,24). The van der Waals surface area contributed by atoms with E-state index in [1.54, 1.807) is 0 Å². The second kappa shape index (κ2) is 7.26. The van der Waals surface area contributed by atoms with Gasteiger partial charge in [0, 0.05) is 25.0 Å². The van der Waals surface area contributed by atoms with E-state index in [4.69, 9.17) is 0 Å². The lowest BCUT2D eigenvalue weighted by Gasteiger charge is -2.43. The molecule has 1 heterocycles. The smallest absolute Gasteiger partial charge is 0.220 e. The quantitative estimate of drug-likeness (QED) is 0.893. The summed E-state index contributed by atoms with van der Waals surface area (Å²) < 4.78 is 0. The molecular formula is C21H32N2O. The average Bonchev–Trinajstić information content (AvgIpc) is 2.96. The Kier molecular flexibility index (Phi) is 5.29. The first-order valence-electron chi connectivity index (χ1n) is 9.55. The van der Waals surface area contributed by atoms with E-state index in [-0.39, 0.29) is 11.4 Å². The van der Waals surface area contributed by atoms with Gasteiger partial charge in [0.05, 0.1) is 0 Å². The van der Waals surface area contributed by atoms with Crippen molar-refractivity contribution in [3.05, 3.63) is 35.4 Å². The molecule has 0 saturated carbocycles. The highest BCUT2D eigenvalue weighted by atomic mass is 16.1. The number of carbonyl (C=O) groups is 1. The molecule has 3 heteroatoms. The third-order valence-electron chi connectivity index (χ3n) is 5.92. The summed E-state index contributed by atoms with van der Waals surface area (Å²) in [6.07, 6.45) is 5.46. The first-order chi connectivity index (χ1) is 11.5. The molecule has 0 spiro atoms. The van der Waals surface area contributed by atoms with Gasteiger partial charge >= 0.3 is 0 Å². The minimum Gasteiger partial charge on any atom is -0.354 e. The maximum Gasteiger partial charge on any atom is 0.220 e. The lowest BCUT2D eigenvalue weighted by Crippen LogP contribution is -2.54. The zero-order valence-electron chi connectivity index (χ0n) is 15.5. The van der Waals surface area contributed by atoms with Crippen LogP contribution in [0.1, 0.15) is 63.5 Å². The highest BCUT2D eigenvalue weighted by molar-refractivity contribution is 5.77. The molecule has 1 aromatic carbocycles. The number of nitrogens with one attached hydrogen (secondary N) is 1. The molecule has 0 radical (unpaired) electrons. The van der Waals surface area contributed by atoms with Crippen LogP contribution in [0.25, 0.3) is 0 Å². The highest BCUT2D eigenvalue weighted by Crippen LogP contribution is 2.35. The predicted octanol–water partition coefficient (Wildman–Crippen LogP) is 3.73. The van der Waals surface area contributed by atoms with Crippen LogP contribution in [0.4, 0.5) is 0 Å². The number of benzene rings is 1.